The lowest BCUT2D eigenvalue weighted by Gasteiger charge is -2.32. The van der Waals surface area contributed by atoms with Crippen LogP contribution in [0.2, 0.25) is 5.02 Å². The molecule has 0 spiro atoms. The van der Waals surface area contributed by atoms with Crippen LogP contribution in [0.5, 0.6) is 0 Å². The number of nitrogens with zero attached hydrogens (tertiary/aromatic N) is 3. The second-order valence-electron chi connectivity index (χ2n) is 10.2. The number of benzene rings is 1. The first kappa shape index (κ1) is 23.5. The highest BCUT2D eigenvalue weighted by Gasteiger charge is 2.52. The third-order valence-corrected chi connectivity index (χ3v) is 7.52. The van der Waals surface area contributed by atoms with Gasteiger partial charge in [-0.1, -0.05) is 23.7 Å². The number of anilines is 2. The Bertz CT molecular complexity index is 1210. The van der Waals surface area contributed by atoms with Crippen molar-refractivity contribution in [1.29, 1.82) is 0 Å². The zero-order chi connectivity index (χ0) is 24.1. The number of aliphatic hydroxyl groups excluding tert-OH is 1. The van der Waals surface area contributed by atoms with E-state index in [0.29, 0.717) is 23.1 Å². The first-order valence-corrected chi connectivity index (χ1v) is 12.1. The predicted molar refractivity (Wildman–Crippen MR) is 136 cm³/mol. The molecule has 0 unspecified atom stereocenters. The van der Waals surface area contributed by atoms with Crippen molar-refractivity contribution in [3.05, 3.63) is 53.3 Å². The van der Waals surface area contributed by atoms with Gasteiger partial charge in [0.2, 0.25) is 0 Å². The zero-order valence-corrected chi connectivity index (χ0v) is 20.8. The van der Waals surface area contributed by atoms with E-state index in [1.807, 2.05) is 58.2 Å². The summed E-state index contributed by atoms with van der Waals surface area (Å²) < 4.78 is 12.4. The topological polar surface area (TPSA) is 79.7 Å². The van der Waals surface area contributed by atoms with Gasteiger partial charge in [-0.2, -0.15) is 0 Å². The second kappa shape index (κ2) is 8.77. The average Bonchev–Trinajstić information content (AvgIpc) is 3.27. The van der Waals surface area contributed by atoms with E-state index >= 15 is 0 Å². The van der Waals surface area contributed by atoms with Crippen molar-refractivity contribution in [2.24, 2.45) is 0 Å². The minimum absolute atomic E-state index is 0.230. The van der Waals surface area contributed by atoms with Crippen LogP contribution in [0.4, 0.5) is 11.5 Å². The summed E-state index contributed by atoms with van der Waals surface area (Å²) in [6.45, 7) is 10.5. The summed E-state index contributed by atoms with van der Waals surface area (Å²) in [7, 11) is -0.551. The molecular weight excluding hydrogens is 451 g/mol. The minimum Gasteiger partial charge on any atom is -0.399 e. The molecule has 2 aromatic heterocycles. The number of aliphatic hydroxyl groups is 1. The van der Waals surface area contributed by atoms with E-state index < -0.39 is 18.3 Å². The summed E-state index contributed by atoms with van der Waals surface area (Å²) >= 11 is 6.81. The molecule has 2 N–H and O–H groups in total. The van der Waals surface area contributed by atoms with E-state index in [1.165, 1.54) is 0 Å². The molecule has 9 heteroatoms. The fraction of sp³-hybridized carbons (Fsp3) is 0.440. The number of β-amino-alcohol motifs (C(OH)–C–C–N with tert-alkyl or cyclic N) is 1. The van der Waals surface area contributed by atoms with Crippen LogP contribution >= 0.6 is 11.6 Å². The summed E-state index contributed by atoms with van der Waals surface area (Å²) in [6.07, 6.45) is 4.24. The van der Waals surface area contributed by atoms with Crippen molar-refractivity contribution in [3.8, 4) is 0 Å². The Hall–Kier alpha value is -2.23. The van der Waals surface area contributed by atoms with Crippen molar-refractivity contribution < 1.29 is 14.4 Å². The number of fused-ring (bicyclic) bond motifs is 1. The average molecular weight is 481 g/mol. The van der Waals surface area contributed by atoms with Gasteiger partial charge in [-0.05, 0) is 57.9 Å². The predicted octanol–water partition coefficient (Wildman–Crippen LogP) is 3.89. The first-order valence-electron chi connectivity index (χ1n) is 11.7. The third-order valence-electron chi connectivity index (χ3n) is 7.10. The standard InChI is InChI=1S/C25H30BClN4O3/c1-24(2)25(3,4)34-26(33-24)19-6-5-7-20(21(19)27)30-23-22-17(8-10-28-23)12-16(13-29-22)14-31-11-9-18(32)15-31/h5-8,10,12-13,18,32H,9,11,14-15H2,1-4H3,(H,28,30)/t18-/m1/s1. The van der Waals surface area contributed by atoms with Gasteiger partial charge in [0.1, 0.15) is 5.52 Å². The Morgan fingerprint density at radius 1 is 1.18 bits per heavy atom. The number of aromatic nitrogens is 2. The fourth-order valence-electron chi connectivity index (χ4n) is 4.42. The molecule has 2 aliphatic heterocycles. The quantitative estimate of drug-likeness (QED) is 0.536. The number of rotatable bonds is 5. The van der Waals surface area contributed by atoms with E-state index in [2.05, 4.69) is 21.3 Å². The van der Waals surface area contributed by atoms with Gasteiger partial charge in [-0.25, -0.2) is 4.98 Å². The monoisotopic (exact) mass is 480 g/mol. The number of nitrogens with one attached hydrogen (secondary N) is 1. The van der Waals surface area contributed by atoms with Gasteiger partial charge < -0.3 is 19.7 Å². The molecule has 0 bridgehead atoms. The van der Waals surface area contributed by atoms with Crippen LogP contribution < -0.4 is 10.8 Å². The summed E-state index contributed by atoms with van der Waals surface area (Å²) in [5.41, 5.74) is 2.47. The summed E-state index contributed by atoms with van der Waals surface area (Å²) in [4.78, 5) is 11.5. The SMILES string of the molecule is CC1(C)OB(c2cccc(Nc3nccc4cc(CN5CC[C@@H](O)C5)cnc34)c2Cl)OC1(C)C. The Labute approximate surface area is 205 Å². The maximum absolute atomic E-state index is 9.79. The molecule has 2 fully saturated rings. The smallest absolute Gasteiger partial charge is 0.399 e. The highest BCUT2D eigenvalue weighted by Crippen LogP contribution is 2.38. The fourth-order valence-corrected chi connectivity index (χ4v) is 4.69. The molecule has 5 rings (SSSR count). The lowest BCUT2D eigenvalue weighted by molar-refractivity contribution is 0.00578. The second-order valence-corrected chi connectivity index (χ2v) is 10.6. The molecule has 0 aliphatic carbocycles. The molecule has 34 heavy (non-hydrogen) atoms. The van der Waals surface area contributed by atoms with Gasteiger partial charge in [-0.15, -0.1) is 0 Å². The maximum Gasteiger partial charge on any atom is 0.496 e. The Balaban J connectivity index is 1.40. The molecule has 7 nitrogen and oxygen atoms in total. The molecule has 1 aromatic carbocycles. The summed E-state index contributed by atoms with van der Waals surface area (Å²) in [5, 5.41) is 14.7. The molecule has 2 aliphatic rings. The van der Waals surface area contributed by atoms with Crippen LogP contribution in [0.3, 0.4) is 0 Å². The molecule has 0 saturated carbocycles. The lowest BCUT2D eigenvalue weighted by atomic mass is 9.79. The Morgan fingerprint density at radius 2 is 1.94 bits per heavy atom. The molecule has 1 atom stereocenters. The van der Waals surface area contributed by atoms with Gasteiger partial charge in [-0.3, -0.25) is 9.88 Å². The van der Waals surface area contributed by atoms with Crippen LogP contribution in [0.25, 0.3) is 10.9 Å². The van der Waals surface area contributed by atoms with Gasteiger partial charge in [0.15, 0.2) is 5.82 Å². The first-order chi connectivity index (χ1) is 16.1. The molecule has 0 amide bonds. The number of hydrogen-bond acceptors (Lipinski definition) is 7. The van der Waals surface area contributed by atoms with E-state index in [9.17, 15) is 5.11 Å². The van der Waals surface area contributed by atoms with Gasteiger partial charge in [0.25, 0.3) is 0 Å². The van der Waals surface area contributed by atoms with Crippen molar-refractivity contribution in [2.75, 3.05) is 18.4 Å². The van der Waals surface area contributed by atoms with Crippen molar-refractivity contribution in [2.45, 2.75) is 58.0 Å². The minimum atomic E-state index is -0.551. The van der Waals surface area contributed by atoms with Crippen LogP contribution in [-0.4, -0.2) is 57.5 Å². The number of hydrogen-bond donors (Lipinski definition) is 2. The molecule has 4 heterocycles. The van der Waals surface area contributed by atoms with Crippen LogP contribution in [0, 0.1) is 0 Å². The van der Waals surface area contributed by atoms with Crippen molar-refractivity contribution in [3.63, 3.8) is 0 Å². The lowest BCUT2D eigenvalue weighted by Crippen LogP contribution is -2.41. The van der Waals surface area contributed by atoms with Crippen LogP contribution in [0.1, 0.15) is 39.7 Å². The maximum atomic E-state index is 9.79. The molecule has 2 saturated heterocycles. The molecular formula is C25H30BClN4O3. The highest BCUT2D eigenvalue weighted by molar-refractivity contribution is 6.66. The van der Waals surface area contributed by atoms with Gasteiger partial charge >= 0.3 is 7.12 Å². The van der Waals surface area contributed by atoms with Gasteiger partial charge in [0.05, 0.1) is 28.0 Å². The number of likely N-dealkylation sites (tertiary alicyclic amines) is 1. The Kier molecular flexibility index (Phi) is 6.07. The van der Waals surface area contributed by atoms with Crippen molar-refractivity contribution >= 4 is 46.6 Å². The van der Waals surface area contributed by atoms with E-state index in [1.54, 1.807) is 6.20 Å². The van der Waals surface area contributed by atoms with E-state index in [0.717, 1.165) is 41.4 Å². The number of halogens is 1. The van der Waals surface area contributed by atoms with E-state index in [4.69, 9.17) is 25.9 Å². The summed E-state index contributed by atoms with van der Waals surface area (Å²) in [5.74, 6) is 0.633. The van der Waals surface area contributed by atoms with Crippen LogP contribution in [-0.2, 0) is 15.9 Å². The van der Waals surface area contributed by atoms with Crippen LogP contribution in [0.15, 0.2) is 42.7 Å². The third kappa shape index (κ3) is 4.41. The highest BCUT2D eigenvalue weighted by atomic mass is 35.5. The zero-order valence-electron chi connectivity index (χ0n) is 20.0. The van der Waals surface area contributed by atoms with Crippen molar-refractivity contribution in [1.82, 2.24) is 14.9 Å². The molecule has 3 aromatic rings. The molecule has 178 valence electrons. The Morgan fingerprint density at radius 3 is 2.65 bits per heavy atom. The largest absolute Gasteiger partial charge is 0.496 e. The summed E-state index contributed by atoms with van der Waals surface area (Å²) in [6, 6.07) is 9.84. The van der Waals surface area contributed by atoms with Gasteiger partial charge in [0, 0.05) is 42.9 Å². The normalized spacial score (nSPS) is 21.9. The van der Waals surface area contributed by atoms with E-state index in [-0.39, 0.29) is 6.10 Å². The number of pyridine rings is 2. The molecule has 0 radical (unpaired) electrons.